The lowest BCUT2D eigenvalue weighted by molar-refractivity contribution is -0.133. The topological polar surface area (TPSA) is 42.0 Å². The third-order valence-electron chi connectivity index (χ3n) is 4.17. The predicted octanol–water partition coefficient (Wildman–Crippen LogP) is 2.26. The Morgan fingerprint density at radius 1 is 1.22 bits per heavy atom. The van der Waals surface area contributed by atoms with Crippen LogP contribution in [0.2, 0.25) is 0 Å². The monoisotopic (exact) mass is 320 g/mol. The Balaban J connectivity index is 1.66. The van der Waals surface area contributed by atoms with E-state index in [2.05, 4.69) is 11.9 Å². The molecule has 1 aliphatic heterocycles. The first-order chi connectivity index (χ1) is 11.1. The summed E-state index contributed by atoms with van der Waals surface area (Å²) in [5, 5.41) is 0. The second kappa shape index (κ2) is 8.77. The number of carbonyl (C=O) groups excluding carboxylic acids is 1. The highest BCUT2D eigenvalue weighted by Gasteiger charge is 2.23. The number of likely N-dealkylation sites (N-methyl/N-ethyl adjacent to an activating group) is 1. The van der Waals surface area contributed by atoms with Gasteiger partial charge in [0.25, 0.3) is 0 Å². The lowest BCUT2D eigenvalue weighted by Crippen LogP contribution is -2.41. The quantitative estimate of drug-likeness (QED) is 0.737. The third-order valence-corrected chi connectivity index (χ3v) is 4.17. The van der Waals surface area contributed by atoms with Crippen LogP contribution < -0.4 is 9.47 Å². The average molecular weight is 320 g/mol. The molecule has 1 amide bonds. The number of piperidine rings is 1. The van der Waals surface area contributed by atoms with Gasteiger partial charge in [0.05, 0.1) is 6.61 Å². The Morgan fingerprint density at radius 2 is 1.87 bits per heavy atom. The zero-order valence-corrected chi connectivity index (χ0v) is 14.5. The number of rotatable bonds is 8. The molecule has 1 heterocycles. The van der Waals surface area contributed by atoms with Crippen molar-refractivity contribution in [3.05, 3.63) is 24.3 Å². The van der Waals surface area contributed by atoms with Crippen LogP contribution in [0.3, 0.4) is 0 Å². The van der Waals surface area contributed by atoms with Crippen molar-refractivity contribution in [2.24, 2.45) is 5.92 Å². The maximum Gasteiger partial charge on any atom is 0.222 e. The van der Waals surface area contributed by atoms with Crippen molar-refractivity contribution in [3.8, 4) is 11.5 Å². The summed E-state index contributed by atoms with van der Waals surface area (Å²) in [6.07, 6.45) is 1.67. The average Bonchev–Trinajstić information content (AvgIpc) is 2.53. The summed E-state index contributed by atoms with van der Waals surface area (Å²) in [5.41, 5.74) is 0. The van der Waals surface area contributed by atoms with E-state index in [-0.39, 0.29) is 5.91 Å². The maximum absolute atomic E-state index is 11.5. The summed E-state index contributed by atoms with van der Waals surface area (Å²) in [6.45, 7) is 6.05. The molecule has 1 aliphatic rings. The Hall–Kier alpha value is -1.75. The lowest BCUT2D eigenvalue weighted by atomic mass is 9.97. The van der Waals surface area contributed by atoms with Crippen molar-refractivity contribution >= 4 is 5.91 Å². The zero-order valence-electron chi connectivity index (χ0n) is 14.5. The number of nitrogens with zero attached hydrogens (tertiary/aromatic N) is 2. The van der Waals surface area contributed by atoms with Gasteiger partial charge in [0, 0.05) is 33.1 Å². The van der Waals surface area contributed by atoms with Crippen LogP contribution in [0.5, 0.6) is 11.5 Å². The van der Waals surface area contributed by atoms with E-state index in [0.29, 0.717) is 25.6 Å². The van der Waals surface area contributed by atoms with Crippen LogP contribution in [-0.2, 0) is 4.79 Å². The molecule has 0 saturated carbocycles. The van der Waals surface area contributed by atoms with Gasteiger partial charge in [-0.05, 0) is 50.6 Å². The Bertz CT molecular complexity index is 490. The van der Waals surface area contributed by atoms with Gasteiger partial charge in [-0.1, -0.05) is 0 Å². The standard InChI is InChI=1S/C18H28N2O3/c1-4-22-16-6-8-17(9-7-16)23-12-11-19(2)13-15-5-10-18(21)20(3)14-15/h6-9,15H,4-5,10-14H2,1-3H3. The van der Waals surface area contributed by atoms with Crippen molar-refractivity contribution in [2.75, 3.05) is 46.9 Å². The molecule has 0 N–H and O–H groups in total. The highest BCUT2D eigenvalue weighted by molar-refractivity contribution is 5.76. The lowest BCUT2D eigenvalue weighted by Gasteiger charge is -2.32. The van der Waals surface area contributed by atoms with E-state index in [1.807, 2.05) is 43.1 Å². The van der Waals surface area contributed by atoms with Crippen LogP contribution in [0.4, 0.5) is 0 Å². The second-order valence-corrected chi connectivity index (χ2v) is 6.19. The van der Waals surface area contributed by atoms with Crippen LogP contribution in [0.25, 0.3) is 0 Å². The summed E-state index contributed by atoms with van der Waals surface area (Å²) in [6, 6.07) is 7.73. The fourth-order valence-electron chi connectivity index (χ4n) is 2.90. The van der Waals surface area contributed by atoms with E-state index in [9.17, 15) is 4.79 Å². The molecule has 0 radical (unpaired) electrons. The Morgan fingerprint density at radius 3 is 2.48 bits per heavy atom. The number of benzene rings is 1. The Labute approximate surface area is 139 Å². The summed E-state index contributed by atoms with van der Waals surface area (Å²) >= 11 is 0. The van der Waals surface area contributed by atoms with Crippen LogP contribution in [0.1, 0.15) is 19.8 Å². The molecule has 23 heavy (non-hydrogen) atoms. The Kier molecular flexibility index (Phi) is 6.71. The molecule has 1 aromatic carbocycles. The van der Waals surface area contributed by atoms with Gasteiger partial charge in [0.15, 0.2) is 0 Å². The van der Waals surface area contributed by atoms with Gasteiger partial charge in [-0.2, -0.15) is 0 Å². The number of ether oxygens (including phenoxy) is 2. The molecule has 128 valence electrons. The maximum atomic E-state index is 11.5. The van der Waals surface area contributed by atoms with E-state index in [0.717, 1.165) is 37.6 Å². The van der Waals surface area contributed by atoms with Gasteiger partial charge in [0.1, 0.15) is 18.1 Å². The summed E-state index contributed by atoms with van der Waals surface area (Å²) in [7, 11) is 4.00. The van der Waals surface area contributed by atoms with Gasteiger partial charge in [-0.15, -0.1) is 0 Å². The fraction of sp³-hybridized carbons (Fsp3) is 0.611. The molecular weight excluding hydrogens is 292 g/mol. The zero-order chi connectivity index (χ0) is 16.7. The predicted molar refractivity (Wildman–Crippen MR) is 91.0 cm³/mol. The normalized spacial score (nSPS) is 18.3. The van der Waals surface area contributed by atoms with E-state index >= 15 is 0 Å². The molecule has 0 aliphatic carbocycles. The van der Waals surface area contributed by atoms with Gasteiger partial charge in [-0.25, -0.2) is 0 Å². The number of amides is 1. The smallest absolute Gasteiger partial charge is 0.222 e. The van der Waals surface area contributed by atoms with Crippen molar-refractivity contribution in [3.63, 3.8) is 0 Å². The third kappa shape index (κ3) is 5.75. The first-order valence-corrected chi connectivity index (χ1v) is 8.36. The number of hydrogen-bond donors (Lipinski definition) is 0. The van der Waals surface area contributed by atoms with Gasteiger partial charge >= 0.3 is 0 Å². The van der Waals surface area contributed by atoms with Crippen molar-refractivity contribution in [1.82, 2.24) is 9.80 Å². The number of hydrogen-bond acceptors (Lipinski definition) is 4. The molecule has 5 nitrogen and oxygen atoms in total. The molecule has 1 saturated heterocycles. The van der Waals surface area contributed by atoms with Crippen molar-refractivity contribution < 1.29 is 14.3 Å². The first kappa shape index (κ1) is 17.6. The summed E-state index contributed by atoms with van der Waals surface area (Å²) in [4.78, 5) is 15.6. The molecule has 5 heteroatoms. The first-order valence-electron chi connectivity index (χ1n) is 8.36. The second-order valence-electron chi connectivity index (χ2n) is 6.19. The van der Waals surface area contributed by atoms with E-state index in [4.69, 9.17) is 9.47 Å². The minimum atomic E-state index is 0.266. The molecule has 1 aromatic rings. The van der Waals surface area contributed by atoms with Gasteiger partial charge in [-0.3, -0.25) is 4.79 Å². The van der Waals surface area contributed by atoms with Crippen molar-refractivity contribution in [1.29, 1.82) is 0 Å². The van der Waals surface area contributed by atoms with Crippen LogP contribution in [-0.4, -0.2) is 62.7 Å². The number of carbonyl (C=O) groups is 1. The molecule has 1 fully saturated rings. The molecular formula is C18H28N2O3. The highest BCUT2D eigenvalue weighted by Crippen LogP contribution is 2.18. The van der Waals surface area contributed by atoms with Crippen LogP contribution >= 0.6 is 0 Å². The summed E-state index contributed by atoms with van der Waals surface area (Å²) < 4.78 is 11.2. The highest BCUT2D eigenvalue weighted by atomic mass is 16.5. The van der Waals surface area contributed by atoms with Gasteiger partial charge < -0.3 is 19.3 Å². The van der Waals surface area contributed by atoms with Crippen molar-refractivity contribution in [2.45, 2.75) is 19.8 Å². The molecule has 0 aromatic heterocycles. The number of likely N-dealkylation sites (tertiary alicyclic amines) is 1. The SMILES string of the molecule is CCOc1ccc(OCCN(C)CC2CCC(=O)N(C)C2)cc1. The van der Waals surface area contributed by atoms with Gasteiger partial charge in [0.2, 0.25) is 5.91 Å². The molecule has 0 spiro atoms. The summed E-state index contributed by atoms with van der Waals surface area (Å²) in [5.74, 6) is 2.56. The largest absolute Gasteiger partial charge is 0.494 e. The minimum Gasteiger partial charge on any atom is -0.494 e. The van der Waals surface area contributed by atoms with E-state index in [1.165, 1.54) is 0 Å². The molecule has 2 rings (SSSR count). The van der Waals surface area contributed by atoms with E-state index in [1.54, 1.807) is 0 Å². The van der Waals surface area contributed by atoms with Crippen LogP contribution in [0, 0.1) is 5.92 Å². The molecule has 0 bridgehead atoms. The van der Waals surface area contributed by atoms with E-state index < -0.39 is 0 Å². The fourth-order valence-corrected chi connectivity index (χ4v) is 2.90. The minimum absolute atomic E-state index is 0.266. The van der Waals surface area contributed by atoms with Crippen LogP contribution in [0.15, 0.2) is 24.3 Å². The molecule has 1 unspecified atom stereocenters. The molecule has 1 atom stereocenters.